The van der Waals surface area contributed by atoms with Crippen LogP contribution in [-0.2, 0) is 4.74 Å². The van der Waals surface area contributed by atoms with Gasteiger partial charge in [-0.2, -0.15) is 0 Å². The van der Waals surface area contributed by atoms with E-state index < -0.39 is 5.60 Å². The molecule has 0 radical (unpaired) electrons. The summed E-state index contributed by atoms with van der Waals surface area (Å²) in [6.45, 7) is 7.53. The normalized spacial score (nSPS) is 16.2. The number of nitrogens with two attached hydrogens (primary N) is 1. The minimum absolute atomic E-state index is 0.118. The number of piperidine rings is 1. The standard InChI is InChI=1S/C16H25N3O3S/c1-16(2,3)22-15(21)19-7-4-11(5-8-19)10-18-14(20)13-12(17)6-9-23-13/h6,9,11H,4-5,7-8,10,17H2,1-3H3,(H,18,20). The Morgan fingerprint density at radius 3 is 2.57 bits per heavy atom. The van der Waals surface area contributed by atoms with E-state index >= 15 is 0 Å². The van der Waals surface area contributed by atoms with Crippen molar-refractivity contribution in [2.24, 2.45) is 5.92 Å². The predicted octanol–water partition coefficient (Wildman–Crippen LogP) is 2.71. The van der Waals surface area contributed by atoms with Crippen LogP contribution in [0, 0.1) is 5.92 Å². The number of carbonyl (C=O) groups is 2. The lowest BCUT2D eigenvalue weighted by molar-refractivity contribution is 0.0183. The average Bonchev–Trinajstić information content (AvgIpc) is 2.90. The Hall–Kier alpha value is -1.76. The summed E-state index contributed by atoms with van der Waals surface area (Å²) in [5.74, 6) is 0.255. The maximum absolute atomic E-state index is 12.0. The molecule has 0 unspecified atom stereocenters. The van der Waals surface area contributed by atoms with Crippen molar-refractivity contribution < 1.29 is 14.3 Å². The molecule has 1 fully saturated rings. The summed E-state index contributed by atoms with van der Waals surface area (Å²) in [4.78, 5) is 26.3. The van der Waals surface area contributed by atoms with Gasteiger partial charge in [0.05, 0.1) is 5.69 Å². The third-order valence-corrected chi connectivity index (χ3v) is 4.65. The zero-order valence-corrected chi connectivity index (χ0v) is 14.7. The lowest BCUT2D eigenvalue weighted by atomic mass is 9.97. The van der Waals surface area contributed by atoms with Crippen molar-refractivity contribution in [3.63, 3.8) is 0 Å². The fraction of sp³-hybridized carbons (Fsp3) is 0.625. The van der Waals surface area contributed by atoms with Gasteiger partial charge in [-0.1, -0.05) is 0 Å². The zero-order valence-electron chi connectivity index (χ0n) is 13.9. The quantitative estimate of drug-likeness (QED) is 0.887. The van der Waals surface area contributed by atoms with Gasteiger partial charge in [0, 0.05) is 19.6 Å². The fourth-order valence-electron chi connectivity index (χ4n) is 2.47. The van der Waals surface area contributed by atoms with E-state index in [1.165, 1.54) is 11.3 Å². The number of amides is 2. The summed E-state index contributed by atoms with van der Waals surface area (Å²) in [5, 5.41) is 4.74. The first-order valence-corrected chi connectivity index (χ1v) is 8.73. The molecule has 0 saturated carbocycles. The molecule has 0 aliphatic carbocycles. The molecular formula is C16H25N3O3S. The Kier molecular flexibility index (Phi) is 5.51. The van der Waals surface area contributed by atoms with Crippen molar-refractivity contribution >= 4 is 29.0 Å². The Labute approximate surface area is 141 Å². The molecule has 2 heterocycles. The Morgan fingerprint density at radius 2 is 2.04 bits per heavy atom. The second kappa shape index (κ2) is 7.21. The van der Waals surface area contributed by atoms with Gasteiger partial charge in [-0.3, -0.25) is 4.79 Å². The molecule has 0 aromatic carbocycles. The van der Waals surface area contributed by atoms with Crippen LogP contribution in [0.2, 0.25) is 0 Å². The van der Waals surface area contributed by atoms with Crippen LogP contribution in [0.5, 0.6) is 0 Å². The first kappa shape index (κ1) is 17.6. The molecule has 1 saturated heterocycles. The Bertz CT molecular complexity index is 557. The number of hydrogen-bond acceptors (Lipinski definition) is 5. The van der Waals surface area contributed by atoms with Gasteiger partial charge in [0.25, 0.3) is 5.91 Å². The highest BCUT2D eigenvalue weighted by Gasteiger charge is 2.27. The number of carbonyl (C=O) groups excluding carboxylic acids is 2. The van der Waals surface area contributed by atoms with E-state index in [1.807, 2.05) is 26.2 Å². The number of hydrogen-bond donors (Lipinski definition) is 2. The number of rotatable bonds is 3. The van der Waals surface area contributed by atoms with Gasteiger partial charge in [-0.15, -0.1) is 11.3 Å². The maximum atomic E-state index is 12.0. The zero-order chi connectivity index (χ0) is 17.0. The molecule has 0 spiro atoms. The number of ether oxygens (including phenoxy) is 1. The van der Waals surface area contributed by atoms with Gasteiger partial charge in [-0.05, 0) is 51.0 Å². The van der Waals surface area contributed by atoms with Crippen molar-refractivity contribution in [3.8, 4) is 0 Å². The molecule has 23 heavy (non-hydrogen) atoms. The molecule has 0 bridgehead atoms. The number of nitrogens with one attached hydrogen (secondary N) is 1. The van der Waals surface area contributed by atoms with Gasteiger partial charge in [0.15, 0.2) is 0 Å². The van der Waals surface area contributed by atoms with Crippen molar-refractivity contribution in [1.82, 2.24) is 10.2 Å². The van der Waals surface area contributed by atoms with Crippen molar-refractivity contribution in [2.75, 3.05) is 25.4 Å². The van der Waals surface area contributed by atoms with Gasteiger partial charge >= 0.3 is 6.09 Å². The van der Waals surface area contributed by atoms with Crippen LogP contribution < -0.4 is 11.1 Å². The molecule has 3 N–H and O–H groups in total. The molecule has 1 aliphatic rings. The molecule has 2 rings (SSSR count). The minimum atomic E-state index is -0.470. The van der Waals surface area contributed by atoms with Crippen LogP contribution in [-0.4, -0.2) is 42.1 Å². The summed E-state index contributed by atoms with van der Waals surface area (Å²) in [6, 6.07) is 1.74. The summed E-state index contributed by atoms with van der Waals surface area (Å²) in [7, 11) is 0. The molecule has 1 aromatic rings. The minimum Gasteiger partial charge on any atom is -0.444 e. The number of thiophene rings is 1. The highest BCUT2D eigenvalue weighted by molar-refractivity contribution is 7.12. The lowest BCUT2D eigenvalue weighted by Crippen LogP contribution is -2.43. The monoisotopic (exact) mass is 339 g/mol. The van der Waals surface area contributed by atoms with E-state index in [4.69, 9.17) is 10.5 Å². The van der Waals surface area contributed by atoms with Crippen LogP contribution in [0.4, 0.5) is 10.5 Å². The summed E-state index contributed by atoms with van der Waals surface area (Å²) in [5.41, 5.74) is 5.79. The molecule has 1 aromatic heterocycles. The van der Waals surface area contributed by atoms with E-state index in [0.717, 1.165) is 12.8 Å². The molecule has 6 nitrogen and oxygen atoms in total. The first-order chi connectivity index (χ1) is 10.8. The van der Waals surface area contributed by atoms with E-state index in [1.54, 1.807) is 11.0 Å². The lowest BCUT2D eigenvalue weighted by Gasteiger charge is -2.33. The number of anilines is 1. The molecule has 2 amide bonds. The van der Waals surface area contributed by atoms with Gasteiger partial charge in [-0.25, -0.2) is 4.79 Å². The summed E-state index contributed by atoms with van der Waals surface area (Å²) >= 11 is 1.35. The van der Waals surface area contributed by atoms with Crippen LogP contribution >= 0.6 is 11.3 Å². The van der Waals surface area contributed by atoms with Crippen molar-refractivity contribution in [2.45, 2.75) is 39.2 Å². The van der Waals surface area contributed by atoms with E-state index in [2.05, 4.69) is 5.32 Å². The Balaban J connectivity index is 1.74. The summed E-state index contributed by atoms with van der Waals surface area (Å²) in [6.07, 6.45) is 1.46. The third kappa shape index (κ3) is 5.13. The fourth-order valence-corrected chi connectivity index (χ4v) is 3.20. The van der Waals surface area contributed by atoms with Crippen LogP contribution in [0.3, 0.4) is 0 Å². The number of nitrogen functional groups attached to an aromatic ring is 1. The molecule has 128 valence electrons. The second-order valence-electron chi connectivity index (χ2n) is 6.83. The van der Waals surface area contributed by atoms with Crippen LogP contribution in [0.1, 0.15) is 43.3 Å². The van der Waals surface area contributed by atoms with Crippen molar-refractivity contribution in [1.29, 1.82) is 0 Å². The van der Waals surface area contributed by atoms with Gasteiger partial charge in [0.1, 0.15) is 10.5 Å². The first-order valence-electron chi connectivity index (χ1n) is 7.85. The highest BCUT2D eigenvalue weighted by Crippen LogP contribution is 2.21. The van der Waals surface area contributed by atoms with Gasteiger partial charge in [0.2, 0.25) is 0 Å². The van der Waals surface area contributed by atoms with Crippen molar-refractivity contribution in [3.05, 3.63) is 16.3 Å². The smallest absolute Gasteiger partial charge is 0.410 e. The molecule has 7 heteroatoms. The largest absolute Gasteiger partial charge is 0.444 e. The average molecular weight is 339 g/mol. The SMILES string of the molecule is CC(C)(C)OC(=O)N1CCC(CNC(=O)c2sccc2N)CC1. The number of likely N-dealkylation sites (tertiary alicyclic amines) is 1. The van der Waals surface area contributed by atoms with E-state index in [0.29, 0.717) is 36.1 Å². The molecular weight excluding hydrogens is 314 g/mol. The highest BCUT2D eigenvalue weighted by atomic mass is 32.1. The summed E-state index contributed by atoms with van der Waals surface area (Å²) < 4.78 is 5.38. The molecule has 1 aliphatic heterocycles. The van der Waals surface area contributed by atoms with Crippen LogP contribution in [0.15, 0.2) is 11.4 Å². The second-order valence-corrected chi connectivity index (χ2v) is 7.74. The third-order valence-electron chi connectivity index (χ3n) is 3.72. The maximum Gasteiger partial charge on any atom is 0.410 e. The van der Waals surface area contributed by atoms with Crippen LogP contribution in [0.25, 0.3) is 0 Å². The van der Waals surface area contributed by atoms with E-state index in [9.17, 15) is 9.59 Å². The molecule has 0 atom stereocenters. The number of nitrogens with zero attached hydrogens (tertiary/aromatic N) is 1. The predicted molar refractivity (Wildman–Crippen MR) is 91.6 cm³/mol. The van der Waals surface area contributed by atoms with Gasteiger partial charge < -0.3 is 20.7 Å². The Morgan fingerprint density at radius 1 is 1.39 bits per heavy atom. The topological polar surface area (TPSA) is 84.7 Å². The van der Waals surface area contributed by atoms with E-state index in [-0.39, 0.29) is 12.0 Å².